The van der Waals surface area contributed by atoms with Crippen LogP contribution in [0.4, 0.5) is 4.79 Å². The average molecular weight is 299 g/mol. The van der Waals surface area contributed by atoms with Crippen molar-refractivity contribution in [3.8, 4) is 0 Å². The number of hydrogen-bond donors (Lipinski definition) is 4. The van der Waals surface area contributed by atoms with Crippen LogP contribution < -0.4 is 16.0 Å². The summed E-state index contributed by atoms with van der Waals surface area (Å²) < 4.78 is 0. The van der Waals surface area contributed by atoms with Crippen LogP contribution in [-0.4, -0.2) is 41.6 Å². The summed E-state index contributed by atoms with van der Waals surface area (Å²) in [5.41, 5.74) is 0. The van der Waals surface area contributed by atoms with E-state index in [1.165, 1.54) is 0 Å². The summed E-state index contributed by atoms with van der Waals surface area (Å²) in [5, 5.41) is 17.2. The minimum Gasteiger partial charge on any atom is -0.481 e. The van der Waals surface area contributed by atoms with Gasteiger partial charge in [0.15, 0.2) is 0 Å². The molecule has 0 aromatic heterocycles. The van der Waals surface area contributed by atoms with Crippen molar-refractivity contribution in [2.24, 2.45) is 5.92 Å². The van der Waals surface area contributed by atoms with Gasteiger partial charge >= 0.3 is 12.0 Å². The highest BCUT2D eigenvalue weighted by molar-refractivity contribution is 5.78. The number of aliphatic carboxylic acids is 1. The van der Waals surface area contributed by atoms with Gasteiger partial charge in [0.05, 0.1) is 5.92 Å². The molecule has 7 nitrogen and oxygen atoms in total. The molecule has 21 heavy (non-hydrogen) atoms. The highest BCUT2D eigenvalue weighted by atomic mass is 16.4. The van der Waals surface area contributed by atoms with E-state index in [-0.39, 0.29) is 29.9 Å². The molecule has 0 radical (unpaired) electrons. The summed E-state index contributed by atoms with van der Waals surface area (Å²) in [7, 11) is 0. The molecule has 1 heterocycles. The van der Waals surface area contributed by atoms with Crippen molar-refractivity contribution in [2.45, 2.75) is 58.0 Å². The highest BCUT2D eigenvalue weighted by Gasteiger charge is 2.20. The molecule has 0 aromatic carbocycles. The Morgan fingerprint density at radius 3 is 2.67 bits per heavy atom. The van der Waals surface area contributed by atoms with Crippen LogP contribution in [0.1, 0.15) is 46.0 Å². The van der Waals surface area contributed by atoms with Crippen LogP contribution in [0.25, 0.3) is 0 Å². The van der Waals surface area contributed by atoms with Crippen molar-refractivity contribution in [1.82, 2.24) is 16.0 Å². The predicted molar refractivity (Wildman–Crippen MR) is 77.8 cm³/mol. The normalized spacial score (nSPS) is 21.0. The first-order valence-electron chi connectivity index (χ1n) is 7.45. The van der Waals surface area contributed by atoms with Crippen molar-refractivity contribution in [1.29, 1.82) is 0 Å². The zero-order chi connectivity index (χ0) is 15.8. The van der Waals surface area contributed by atoms with Crippen molar-refractivity contribution in [3.05, 3.63) is 0 Å². The van der Waals surface area contributed by atoms with E-state index < -0.39 is 5.97 Å². The SMILES string of the molecule is CC(CCCC(C)C(=O)O)NC(=O)NC1CCC(=O)NC1. The van der Waals surface area contributed by atoms with Gasteiger partial charge < -0.3 is 21.1 Å². The number of carboxylic acid groups (broad SMARTS) is 1. The third-order valence-corrected chi connectivity index (χ3v) is 3.67. The molecule has 1 aliphatic heterocycles. The third-order valence-electron chi connectivity index (χ3n) is 3.67. The number of amides is 3. The van der Waals surface area contributed by atoms with Gasteiger partial charge in [0.25, 0.3) is 0 Å². The van der Waals surface area contributed by atoms with E-state index in [4.69, 9.17) is 5.11 Å². The molecule has 3 atom stereocenters. The fourth-order valence-corrected chi connectivity index (χ4v) is 2.23. The van der Waals surface area contributed by atoms with Crippen molar-refractivity contribution < 1.29 is 19.5 Å². The maximum atomic E-state index is 11.8. The molecule has 1 saturated heterocycles. The standard InChI is InChI=1S/C14H25N3O4/c1-9(13(19)20)4-3-5-10(2)16-14(21)17-11-6-7-12(18)15-8-11/h9-11H,3-8H2,1-2H3,(H,15,18)(H,19,20)(H2,16,17,21). The fraction of sp³-hybridized carbons (Fsp3) is 0.786. The van der Waals surface area contributed by atoms with Gasteiger partial charge in [-0.15, -0.1) is 0 Å². The summed E-state index contributed by atoms with van der Waals surface area (Å²) >= 11 is 0. The maximum absolute atomic E-state index is 11.8. The first-order chi connectivity index (χ1) is 9.88. The van der Waals surface area contributed by atoms with E-state index >= 15 is 0 Å². The van der Waals surface area contributed by atoms with Crippen LogP contribution in [0, 0.1) is 5.92 Å². The van der Waals surface area contributed by atoms with Crippen LogP contribution in [0.3, 0.4) is 0 Å². The minimum atomic E-state index is -0.785. The van der Waals surface area contributed by atoms with Crippen LogP contribution >= 0.6 is 0 Å². The molecule has 0 saturated carbocycles. The van der Waals surface area contributed by atoms with E-state index in [0.717, 1.165) is 12.8 Å². The second-order valence-electron chi connectivity index (χ2n) is 5.73. The van der Waals surface area contributed by atoms with E-state index in [0.29, 0.717) is 25.8 Å². The summed E-state index contributed by atoms with van der Waals surface area (Å²) in [6.45, 7) is 4.05. The Morgan fingerprint density at radius 1 is 1.38 bits per heavy atom. The number of carboxylic acids is 1. The fourth-order valence-electron chi connectivity index (χ4n) is 2.23. The van der Waals surface area contributed by atoms with Gasteiger partial charge in [-0.25, -0.2) is 4.79 Å². The molecule has 3 amide bonds. The van der Waals surface area contributed by atoms with Crippen LogP contribution in [0.15, 0.2) is 0 Å². The van der Waals surface area contributed by atoms with Crippen molar-refractivity contribution in [3.63, 3.8) is 0 Å². The van der Waals surface area contributed by atoms with Crippen LogP contribution in [-0.2, 0) is 9.59 Å². The molecule has 0 bridgehead atoms. The van der Waals surface area contributed by atoms with Crippen molar-refractivity contribution in [2.75, 3.05) is 6.54 Å². The number of carbonyl (C=O) groups excluding carboxylic acids is 2. The van der Waals surface area contributed by atoms with E-state index in [1.54, 1.807) is 6.92 Å². The Morgan fingerprint density at radius 2 is 2.10 bits per heavy atom. The van der Waals surface area contributed by atoms with Gasteiger partial charge in [-0.3, -0.25) is 9.59 Å². The number of nitrogens with one attached hydrogen (secondary N) is 3. The molecule has 4 N–H and O–H groups in total. The van der Waals surface area contributed by atoms with Crippen LogP contribution in [0.5, 0.6) is 0 Å². The van der Waals surface area contributed by atoms with Crippen LogP contribution in [0.2, 0.25) is 0 Å². The lowest BCUT2D eigenvalue weighted by Gasteiger charge is -2.24. The second-order valence-corrected chi connectivity index (χ2v) is 5.73. The van der Waals surface area contributed by atoms with Gasteiger partial charge in [-0.05, 0) is 26.2 Å². The van der Waals surface area contributed by atoms with Crippen molar-refractivity contribution >= 4 is 17.9 Å². The monoisotopic (exact) mass is 299 g/mol. The Kier molecular flexibility index (Phi) is 6.98. The number of urea groups is 1. The average Bonchev–Trinajstić information content (AvgIpc) is 2.41. The molecule has 3 unspecified atom stereocenters. The molecule has 120 valence electrons. The van der Waals surface area contributed by atoms with E-state index in [9.17, 15) is 14.4 Å². The number of rotatable bonds is 7. The summed E-state index contributed by atoms with van der Waals surface area (Å²) in [6, 6.07) is -0.277. The number of piperidine rings is 1. The lowest BCUT2D eigenvalue weighted by molar-refractivity contribution is -0.141. The predicted octanol–water partition coefficient (Wildman–Crippen LogP) is 0.844. The molecular formula is C14H25N3O4. The molecule has 1 fully saturated rings. The van der Waals surface area contributed by atoms with Gasteiger partial charge in [0.1, 0.15) is 0 Å². The van der Waals surface area contributed by atoms with E-state index in [2.05, 4.69) is 16.0 Å². The first-order valence-corrected chi connectivity index (χ1v) is 7.45. The zero-order valence-electron chi connectivity index (χ0n) is 12.6. The van der Waals surface area contributed by atoms with Gasteiger partial charge in [-0.1, -0.05) is 13.3 Å². The first kappa shape index (κ1) is 17.3. The molecule has 1 rings (SSSR count). The molecular weight excluding hydrogens is 274 g/mol. The molecule has 7 heteroatoms. The number of hydrogen-bond acceptors (Lipinski definition) is 3. The molecule has 0 aliphatic carbocycles. The quantitative estimate of drug-likeness (QED) is 0.559. The summed E-state index contributed by atoms with van der Waals surface area (Å²) in [5.74, 6) is -1.11. The smallest absolute Gasteiger partial charge is 0.315 e. The third kappa shape index (κ3) is 6.97. The Hall–Kier alpha value is -1.79. The highest BCUT2D eigenvalue weighted by Crippen LogP contribution is 2.09. The lowest BCUT2D eigenvalue weighted by Crippen LogP contribution is -2.51. The Balaban J connectivity index is 2.15. The van der Waals surface area contributed by atoms with Gasteiger partial charge in [0, 0.05) is 25.0 Å². The Bertz CT molecular complexity index is 376. The lowest BCUT2D eigenvalue weighted by atomic mass is 10.0. The molecule has 0 aromatic rings. The topological polar surface area (TPSA) is 108 Å². The molecule has 0 spiro atoms. The number of carbonyl (C=O) groups is 3. The summed E-state index contributed by atoms with van der Waals surface area (Å²) in [4.78, 5) is 33.5. The van der Waals surface area contributed by atoms with E-state index in [1.807, 2.05) is 6.92 Å². The molecule has 1 aliphatic rings. The maximum Gasteiger partial charge on any atom is 0.315 e. The minimum absolute atomic E-state index is 0.0100. The second kappa shape index (κ2) is 8.49. The largest absolute Gasteiger partial charge is 0.481 e. The zero-order valence-corrected chi connectivity index (χ0v) is 12.6. The summed E-state index contributed by atoms with van der Waals surface area (Å²) in [6.07, 6.45) is 3.20. The Labute approximate surface area is 124 Å². The van der Waals surface area contributed by atoms with Gasteiger partial charge in [-0.2, -0.15) is 0 Å². The van der Waals surface area contributed by atoms with Gasteiger partial charge in [0.2, 0.25) is 5.91 Å².